The van der Waals surface area contributed by atoms with Crippen molar-refractivity contribution in [2.24, 2.45) is 0 Å². The molecule has 0 heterocycles. The van der Waals surface area contributed by atoms with E-state index in [1.165, 1.54) is 135 Å². The first-order chi connectivity index (χ1) is 28.2. The Hall–Kier alpha value is -1.55. The molecule has 0 aromatic rings. The molecule has 11 heteroatoms. The predicted molar refractivity (Wildman–Crippen MR) is 238 cm³/mol. The molecule has 3 N–H and O–H groups in total. The second-order valence-corrected chi connectivity index (χ2v) is 17.6. The lowest BCUT2D eigenvalue weighted by Gasteiger charge is -2.20. The van der Waals surface area contributed by atoms with Gasteiger partial charge < -0.3 is 24.6 Å². The van der Waals surface area contributed by atoms with Crippen molar-refractivity contribution in [2.75, 3.05) is 26.4 Å². The van der Waals surface area contributed by atoms with E-state index < -0.39 is 51.8 Å². The number of carbonyl (C=O) groups excluding carboxylic acids is 2. The summed E-state index contributed by atoms with van der Waals surface area (Å²) >= 11 is 0. The lowest BCUT2D eigenvalue weighted by Crippen LogP contribution is -2.29. The third-order valence-electron chi connectivity index (χ3n) is 10.4. The summed E-state index contributed by atoms with van der Waals surface area (Å²) in [6, 6.07) is 0. The van der Waals surface area contributed by atoms with Gasteiger partial charge in [0, 0.05) is 12.8 Å². The molecule has 0 radical (unpaired) electrons. The molecule has 0 saturated heterocycles. The Morgan fingerprint density at radius 2 is 0.897 bits per heavy atom. The maximum absolute atomic E-state index is 12.6. The first kappa shape index (κ1) is 56.5. The van der Waals surface area contributed by atoms with Crippen LogP contribution in [-0.2, 0) is 32.7 Å². The molecule has 0 aromatic heterocycles. The van der Waals surface area contributed by atoms with Crippen LogP contribution in [0.1, 0.15) is 226 Å². The van der Waals surface area contributed by atoms with Gasteiger partial charge in [0.25, 0.3) is 0 Å². The molecule has 58 heavy (non-hydrogen) atoms. The monoisotopic (exact) mass is 845 g/mol. The Morgan fingerprint density at radius 3 is 1.36 bits per heavy atom. The van der Waals surface area contributed by atoms with Gasteiger partial charge in [-0.3, -0.25) is 18.6 Å². The van der Waals surface area contributed by atoms with Crippen LogP contribution in [0.3, 0.4) is 0 Å². The van der Waals surface area contributed by atoms with Crippen molar-refractivity contribution in [3.8, 4) is 0 Å². The minimum atomic E-state index is -4.62. The number of aliphatic hydroxyl groups is 2. The molecule has 10 nitrogen and oxygen atoms in total. The number of aliphatic hydroxyl groups excluding tert-OH is 2. The fraction of sp³-hybridized carbons (Fsp3) is 0.872. The minimum absolute atomic E-state index is 0.187. The van der Waals surface area contributed by atoms with Crippen LogP contribution >= 0.6 is 7.82 Å². The summed E-state index contributed by atoms with van der Waals surface area (Å²) in [5.74, 6) is -0.923. The summed E-state index contributed by atoms with van der Waals surface area (Å²) in [5, 5.41) is 18.4. The summed E-state index contributed by atoms with van der Waals surface area (Å²) in [6.45, 7) is 2.38. The summed E-state index contributed by atoms with van der Waals surface area (Å²) in [4.78, 5) is 35.1. The highest BCUT2D eigenvalue weighted by Crippen LogP contribution is 2.43. The van der Waals surface area contributed by atoms with Gasteiger partial charge in [-0.1, -0.05) is 192 Å². The van der Waals surface area contributed by atoms with Gasteiger partial charge in [0.05, 0.1) is 19.8 Å². The highest BCUT2D eigenvalue weighted by molar-refractivity contribution is 7.47. The van der Waals surface area contributed by atoms with Gasteiger partial charge in [0.2, 0.25) is 0 Å². The number of hydrogen-bond donors (Lipinski definition) is 3. The average Bonchev–Trinajstić information content (AvgIpc) is 3.21. The highest BCUT2D eigenvalue weighted by Gasteiger charge is 2.27. The first-order valence-electron chi connectivity index (χ1n) is 23.8. The second-order valence-electron chi connectivity index (χ2n) is 16.1. The van der Waals surface area contributed by atoms with E-state index in [-0.39, 0.29) is 19.4 Å². The zero-order valence-electron chi connectivity index (χ0n) is 37.3. The number of phosphoric acid groups is 1. The lowest BCUT2D eigenvalue weighted by molar-refractivity contribution is -0.161. The summed E-state index contributed by atoms with van der Waals surface area (Å²) < 4.78 is 32.8. The smallest absolute Gasteiger partial charge is 0.462 e. The standard InChI is InChI=1S/C47H89O10P/c1-3-5-7-9-11-13-15-17-19-21-23-25-27-29-31-33-35-37-39-47(51)57-45(43-56-58(52,53)55-41-44(49)40-48)42-54-46(50)38-36-34-32-30-28-26-24-22-20-18-16-14-12-10-8-6-4-2/h12,14,18,20,44-45,48-49H,3-11,13,15-17,19,21-43H2,1-2H3,(H,52,53)/b14-12-,20-18-/t44-,45+/m0/s1. The SMILES string of the molecule is CCCCC/C=C\C/C=C\CCCCCCCCCC(=O)OC[C@H](COP(=O)(O)OC[C@@H](O)CO)OC(=O)CCCCCCCCCCCCCCCCCCCC. The third kappa shape index (κ3) is 42.6. The number of allylic oxidation sites excluding steroid dienone is 4. The van der Waals surface area contributed by atoms with E-state index in [9.17, 15) is 24.2 Å². The summed E-state index contributed by atoms with van der Waals surface area (Å²) in [7, 11) is -4.62. The van der Waals surface area contributed by atoms with Crippen LogP contribution in [-0.4, -0.2) is 65.7 Å². The lowest BCUT2D eigenvalue weighted by atomic mass is 10.0. The molecule has 0 aromatic carbocycles. The third-order valence-corrected chi connectivity index (χ3v) is 11.3. The van der Waals surface area contributed by atoms with Crippen LogP contribution in [0.2, 0.25) is 0 Å². The van der Waals surface area contributed by atoms with Crippen molar-refractivity contribution in [1.82, 2.24) is 0 Å². The van der Waals surface area contributed by atoms with Crippen LogP contribution in [0, 0.1) is 0 Å². The van der Waals surface area contributed by atoms with E-state index in [1.807, 2.05) is 0 Å². The number of ether oxygens (including phenoxy) is 2. The number of phosphoric ester groups is 1. The molecule has 0 aliphatic heterocycles. The van der Waals surface area contributed by atoms with E-state index in [4.69, 9.17) is 23.6 Å². The minimum Gasteiger partial charge on any atom is -0.462 e. The van der Waals surface area contributed by atoms with Gasteiger partial charge >= 0.3 is 19.8 Å². The number of esters is 2. The van der Waals surface area contributed by atoms with E-state index in [0.29, 0.717) is 12.8 Å². The summed E-state index contributed by atoms with van der Waals surface area (Å²) in [6.07, 6.45) is 44.2. The van der Waals surface area contributed by atoms with Crippen LogP contribution in [0.25, 0.3) is 0 Å². The Balaban J connectivity index is 4.22. The fourth-order valence-electron chi connectivity index (χ4n) is 6.67. The number of unbranched alkanes of at least 4 members (excludes halogenated alkanes) is 27. The fourth-order valence-corrected chi connectivity index (χ4v) is 7.46. The van der Waals surface area contributed by atoms with Gasteiger partial charge in [-0.25, -0.2) is 4.57 Å². The van der Waals surface area contributed by atoms with Crippen molar-refractivity contribution in [2.45, 2.75) is 238 Å². The quantitative estimate of drug-likeness (QED) is 0.0234. The normalized spacial score (nSPS) is 13.9. The molecular formula is C47H89O10P. The van der Waals surface area contributed by atoms with Gasteiger partial charge in [-0.2, -0.15) is 0 Å². The molecule has 0 aliphatic rings. The topological polar surface area (TPSA) is 149 Å². The second kappa shape index (κ2) is 43.5. The molecule has 0 fully saturated rings. The van der Waals surface area contributed by atoms with Crippen molar-refractivity contribution in [3.63, 3.8) is 0 Å². The van der Waals surface area contributed by atoms with Crippen LogP contribution < -0.4 is 0 Å². The van der Waals surface area contributed by atoms with Crippen molar-refractivity contribution in [3.05, 3.63) is 24.3 Å². The average molecular weight is 845 g/mol. The van der Waals surface area contributed by atoms with Crippen molar-refractivity contribution >= 4 is 19.8 Å². The molecule has 0 aliphatic carbocycles. The molecule has 3 atom stereocenters. The molecule has 0 rings (SSSR count). The molecule has 0 spiro atoms. The van der Waals surface area contributed by atoms with Crippen LogP contribution in [0.15, 0.2) is 24.3 Å². The zero-order chi connectivity index (χ0) is 42.6. The van der Waals surface area contributed by atoms with E-state index in [0.717, 1.165) is 51.4 Å². The Kier molecular flexibility index (Phi) is 42.4. The van der Waals surface area contributed by atoms with Gasteiger partial charge in [0.15, 0.2) is 6.10 Å². The molecular weight excluding hydrogens is 755 g/mol. The van der Waals surface area contributed by atoms with Crippen molar-refractivity contribution < 1.29 is 47.8 Å². The number of hydrogen-bond acceptors (Lipinski definition) is 9. The summed E-state index contributed by atoms with van der Waals surface area (Å²) in [5.41, 5.74) is 0. The van der Waals surface area contributed by atoms with Gasteiger partial charge in [-0.05, 0) is 44.9 Å². The maximum Gasteiger partial charge on any atom is 0.472 e. The number of carbonyl (C=O) groups is 2. The predicted octanol–water partition coefficient (Wildman–Crippen LogP) is 13.0. The molecule has 0 bridgehead atoms. The van der Waals surface area contributed by atoms with E-state index in [2.05, 4.69) is 38.2 Å². The Morgan fingerprint density at radius 1 is 0.517 bits per heavy atom. The van der Waals surface area contributed by atoms with Crippen molar-refractivity contribution in [1.29, 1.82) is 0 Å². The number of rotatable bonds is 45. The van der Waals surface area contributed by atoms with Gasteiger partial charge in [-0.15, -0.1) is 0 Å². The van der Waals surface area contributed by atoms with E-state index in [1.54, 1.807) is 0 Å². The first-order valence-corrected chi connectivity index (χ1v) is 25.3. The Bertz CT molecular complexity index is 1020. The highest BCUT2D eigenvalue weighted by atomic mass is 31.2. The zero-order valence-corrected chi connectivity index (χ0v) is 38.2. The molecule has 0 saturated carbocycles. The Labute approximate surface area is 355 Å². The van der Waals surface area contributed by atoms with Gasteiger partial charge in [0.1, 0.15) is 12.7 Å². The molecule has 342 valence electrons. The van der Waals surface area contributed by atoms with E-state index >= 15 is 0 Å². The van der Waals surface area contributed by atoms with Crippen LogP contribution in [0.5, 0.6) is 0 Å². The molecule has 0 amide bonds. The van der Waals surface area contributed by atoms with Crippen LogP contribution in [0.4, 0.5) is 0 Å². The molecule has 1 unspecified atom stereocenters. The largest absolute Gasteiger partial charge is 0.472 e. The maximum atomic E-state index is 12.6.